The number of aryl methyl sites for hydroxylation is 4. The van der Waals surface area contributed by atoms with Crippen molar-refractivity contribution in [3.63, 3.8) is 0 Å². The smallest absolute Gasteiger partial charge is 1.00 e. The first-order chi connectivity index (χ1) is 13.8. The minimum absolute atomic E-state index is 0. The molecule has 3 rings (SSSR count). The van der Waals surface area contributed by atoms with Crippen LogP contribution in [0.25, 0.3) is 0 Å². The van der Waals surface area contributed by atoms with Crippen LogP contribution in [0.2, 0.25) is 0 Å². The fourth-order valence-electron chi connectivity index (χ4n) is 2.95. The van der Waals surface area contributed by atoms with Crippen molar-refractivity contribution in [2.24, 2.45) is 9.98 Å². The summed E-state index contributed by atoms with van der Waals surface area (Å²) in [6.07, 6.45) is 6.39. The van der Waals surface area contributed by atoms with Gasteiger partial charge in [-0.05, 0) is 60.0 Å². The molecule has 0 unspecified atom stereocenters. The van der Waals surface area contributed by atoms with Gasteiger partial charge in [-0.15, -0.1) is 18.1 Å². The molecule has 171 valence electrons. The molecular weight excluding hydrogens is 549 g/mol. The molecule has 0 N–H and O–H groups in total. The molecule has 1 radical (unpaired) electrons. The summed E-state index contributed by atoms with van der Waals surface area (Å²) in [5.74, 6) is 0. The van der Waals surface area contributed by atoms with Crippen molar-refractivity contribution >= 4 is 39.2 Å². The topological polar surface area (TPSA) is 37.6 Å². The standard InChI is InChI=1S/C15H15BrN2.C10H12N.2ClH.Fe/c1-10-7-11(2)15(14(16)8-10)18-12(3)13-5-4-6-17-9-13;1-4-11-10-8(2)6-5-7-9(10)3;;;/h4-9H,1-3H3;5-7H,1-3H3;2*1H;/q;-1;;;+3/p-2. The molecule has 0 saturated carbocycles. The van der Waals surface area contributed by atoms with E-state index < -0.39 is 0 Å². The average Bonchev–Trinajstić information content (AvgIpc) is 2.69. The number of rotatable bonds is 3. The molecule has 32 heavy (non-hydrogen) atoms. The zero-order chi connectivity index (χ0) is 21.4. The minimum Gasteiger partial charge on any atom is -1.00 e. The molecule has 1 heterocycles. The van der Waals surface area contributed by atoms with E-state index >= 15 is 0 Å². The molecule has 3 nitrogen and oxygen atoms in total. The third kappa shape index (κ3) is 9.56. The van der Waals surface area contributed by atoms with Crippen LogP contribution in [-0.4, -0.2) is 16.9 Å². The quantitative estimate of drug-likeness (QED) is 0.265. The van der Waals surface area contributed by atoms with Gasteiger partial charge in [0.1, 0.15) is 0 Å². The van der Waals surface area contributed by atoms with Crippen molar-refractivity contribution in [2.45, 2.75) is 41.5 Å². The number of benzene rings is 2. The van der Waals surface area contributed by atoms with Crippen LogP contribution in [0.1, 0.15) is 41.7 Å². The number of pyridine rings is 1. The Kier molecular flexibility index (Phi) is 16.5. The summed E-state index contributed by atoms with van der Waals surface area (Å²) in [5, 5.41) is 0. The molecule has 2 aromatic carbocycles. The maximum Gasteiger partial charge on any atom is 3.00 e. The second-order valence-corrected chi connectivity index (χ2v) is 7.78. The van der Waals surface area contributed by atoms with Gasteiger partial charge in [0, 0.05) is 28.1 Å². The first-order valence-corrected chi connectivity index (χ1v) is 10.3. The molecule has 0 bridgehead atoms. The third-order valence-corrected chi connectivity index (χ3v) is 5.02. The van der Waals surface area contributed by atoms with Gasteiger partial charge < -0.3 is 29.8 Å². The van der Waals surface area contributed by atoms with E-state index in [0.29, 0.717) is 0 Å². The Morgan fingerprint density at radius 1 is 0.906 bits per heavy atom. The first kappa shape index (κ1) is 32.7. The van der Waals surface area contributed by atoms with Gasteiger partial charge in [0.15, 0.2) is 0 Å². The zero-order valence-corrected chi connectivity index (χ0v) is 23.2. The molecular formula is C25H27BrCl2FeN3. The minimum atomic E-state index is 0. The molecule has 7 heteroatoms. The molecule has 0 atom stereocenters. The van der Waals surface area contributed by atoms with Gasteiger partial charge in [-0.25, -0.2) is 0 Å². The number of aromatic nitrogens is 1. The van der Waals surface area contributed by atoms with Gasteiger partial charge >= 0.3 is 17.1 Å². The predicted octanol–water partition coefficient (Wildman–Crippen LogP) is 1.51. The summed E-state index contributed by atoms with van der Waals surface area (Å²) in [5.41, 5.74) is 8.87. The summed E-state index contributed by atoms with van der Waals surface area (Å²) in [6, 6.07) is 14.3. The van der Waals surface area contributed by atoms with E-state index in [4.69, 9.17) is 4.99 Å². The van der Waals surface area contributed by atoms with E-state index in [1.54, 1.807) is 6.20 Å². The van der Waals surface area contributed by atoms with Gasteiger partial charge in [-0.2, -0.15) is 6.21 Å². The van der Waals surface area contributed by atoms with Crippen molar-refractivity contribution in [3.05, 3.63) is 87.1 Å². The maximum atomic E-state index is 4.70. The summed E-state index contributed by atoms with van der Waals surface area (Å²) in [6.45, 7) is 12.1. The Morgan fingerprint density at radius 2 is 1.53 bits per heavy atom. The van der Waals surface area contributed by atoms with E-state index in [-0.39, 0.29) is 41.9 Å². The number of aliphatic imine (C=N–C) groups is 2. The molecule has 0 aliphatic carbocycles. The Labute approximate surface area is 223 Å². The summed E-state index contributed by atoms with van der Waals surface area (Å²) < 4.78 is 1.03. The molecule has 0 spiro atoms. The van der Waals surface area contributed by atoms with Crippen LogP contribution in [-0.2, 0) is 17.1 Å². The van der Waals surface area contributed by atoms with Crippen molar-refractivity contribution in [1.82, 2.24) is 4.98 Å². The predicted molar refractivity (Wildman–Crippen MR) is 128 cm³/mol. The van der Waals surface area contributed by atoms with E-state index in [1.807, 2.05) is 38.2 Å². The molecule has 0 fully saturated rings. The second-order valence-electron chi connectivity index (χ2n) is 6.93. The van der Waals surface area contributed by atoms with E-state index in [2.05, 4.69) is 84.1 Å². The molecule has 0 saturated heterocycles. The summed E-state index contributed by atoms with van der Waals surface area (Å²) >= 11 is 3.58. The van der Waals surface area contributed by atoms with Crippen LogP contribution in [0.3, 0.4) is 0 Å². The Bertz CT molecular complexity index is 995. The van der Waals surface area contributed by atoms with Crippen LogP contribution in [0.5, 0.6) is 0 Å². The van der Waals surface area contributed by atoms with E-state index in [1.165, 1.54) is 22.3 Å². The van der Waals surface area contributed by atoms with Crippen molar-refractivity contribution in [2.75, 3.05) is 0 Å². The second kappa shape index (κ2) is 16.2. The zero-order valence-electron chi connectivity index (χ0n) is 19.0. The fourth-order valence-corrected chi connectivity index (χ4v) is 3.72. The monoisotopic (exact) mass is 574 g/mol. The van der Waals surface area contributed by atoms with Crippen molar-refractivity contribution in [3.8, 4) is 0 Å². The number of para-hydroxylation sites is 1. The third-order valence-electron chi connectivity index (χ3n) is 4.42. The average molecular weight is 576 g/mol. The molecule has 3 aromatic rings. The van der Waals surface area contributed by atoms with Crippen LogP contribution in [0, 0.1) is 27.7 Å². The first-order valence-electron chi connectivity index (χ1n) is 9.49. The van der Waals surface area contributed by atoms with E-state index in [0.717, 1.165) is 27.1 Å². The van der Waals surface area contributed by atoms with Crippen molar-refractivity contribution < 1.29 is 41.9 Å². The van der Waals surface area contributed by atoms with Gasteiger partial charge in [0.2, 0.25) is 0 Å². The van der Waals surface area contributed by atoms with Crippen LogP contribution in [0.15, 0.2) is 69.3 Å². The van der Waals surface area contributed by atoms with Crippen molar-refractivity contribution in [1.29, 1.82) is 0 Å². The van der Waals surface area contributed by atoms with Gasteiger partial charge in [-0.1, -0.05) is 49.9 Å². The number of hydrogen-bond donors (Lipinski definition) is 0. The van der Waals surface area contributed by atoms with Gasteiger partial charge in [0.25, 0.3) is 0 Å². The number of halogens is 3. The number of nitrogens with zero attached hydrogens (tertiary/aromatic N) is 3. The SMILES string of the molecule is CC(=Nc1c(C)cc(C)cc1Br)c1cccnc1.C[C-]=Nc1c(C)cccc1C.[Cl-].[Cl-].[Fe+3]. The molecule has 0 amide bonds. The number of hydrogen-bond acceptors (Lipinski definition) is 3. The Hall–Kier alpha value is -1.49. The Morgan fingerprint density at radius 3 is 2.03 bits per heavy atom. The molecule has 1 aromatic heterocycles. The fraction of sp³-hybridized carbons (Fsp3) is 0.240. The van der Waals surface area contributed by atoms with Crippen LogP contribution in [0.4, 0.5) is 11.4 Å². The molecule has 0 aliphatic rings. The van der Waals surface area contributed by atoms with Gasteiger partial charge in [-0.3, -0.25) is 9.98 Å². The summed E-state index contributed by atoms with van der Waals surface area (Å²) in [4.78, 5) is 13.0. The van der Waals surface area contributed by atoms with E-state index in [9.17, 15) is 0 Å². The molecule has 0 aliphatic heterocycles. The normalized spacial score (nSPS) is 10.3. The van der Waals surface area contributed by atoms with Crippen LogP contribution >= 0.6 is 15.9 Å². The summed E-state index contributed by atoms with van der Waals surface area (Å²) in [7, 11) is 0. The van der Waals surface area contributed by atoms with Gasteiger partial charge in [0.05, 0.1) is 5.69 Å². The largest absolute Gasteiger partial charge is 3.00 e. The maximum absolute atomic E-state index is 4.70. The Balaban J connectivity index is 0. The van der Waals surface area contributed by atoms with Crippen LogP contribution < -0.4 is 24.8 Å².